The molecule has 1 aromatic heterocycles. The van der Waals surface area contributed by atoms with Crippen LogP contribution in [0.1, 0.15) is 63.3 Å². The van der Waals surface area contributed by atoms with Gasteiger partial charge in [0, 0.05) is 16.7 Å². The van der Waals surface area contributed by atoms with Crippen LogP contribution in [0.25, 0.3) is 0 Å². The molecule has 0 aliphatic carbocycles. The Morgan fingerprint density at radius 1 is 1.08 bits per heavy atom. The van der Waals surface area contributed by atoms with E-state index in [4.69, 9.17) is 9.16 Å². The van der Waals surface area contributed by atoms with Gasteiger partial charge in [-0.05, 0) is 63.5 Å². The fourth-order valence-corrected chi connectivity index (χ4v) is 4.27. The van der Waals surface area contributed by atoms with Gasteiger partial charge in [0.05, 0.1) is 31.2 Å². The highest BCUT2D eigenvalue weighted by Gasteiger charge is 2.37. The van der Waals surface area contributed by atoms with Gasteiger partial charge in [0.25, 0.3) is 5.91 Å². The van der Waals surface area contributed by atoms with Crippen LogP contribution in [0.3, 0.4) is 0 Å². The van der Waals surface area contributed by atoms with Gasteiger partial charge in [-0.25, -0.2) is 9.78 Å². The van der Waals surface area contributed by atoms with Crippen LogP contribution in [-0.4, -0.2) is 53.9 Å². The lowest BCUT2D eigenvalue weighted by molar-refractivity contribution is 0.0202. The predicted molar refractivity (Wildman–Crippen MR) is 149 cm³/mol. The highest BCUT2D eigenvalue weighted by Crippen LogP contribution is 2.36. The Bertz CT molecular complexity index is 1060. The maximum absolute atomic E-state index is 12.9. The second-order valence-corrected chi connectivity index (χ2v) is 16.9. The number of nitrogens with one attached hydrogen (secondary N) is 1. The Labute approximate surface area is 224 Å². The van der Waals surface area contributed by atoms with Crippen LogP contribution in [0.2, 0.25) is 18.1 Å². The van der Waals surface area contributed by atoms with E-state index < -0.39 is 20.0 Å². The van der Waals surface area contributed by atoms with Gasteiger partial charge in [0.2, 0.25) is 0 Å². The number of carbonyl (C=O) groups is 2. The normalized spacial score (nSPS) is 12.3. The highest BCUT2D eigenvalue weighted by atomic mass is 79.9. The standard InChI is InChI=1S/C26H39BrN4O4Si/c1-18-20(27)11-10-12-21(18)30-23(32)22-16-28-19(15-29-22)17-31(24(33)35-25(2,3)4)13-14-34-36(8,9)26(5,6)7/h10-12,15-16H,13-14,17H2,1-9H3,(H,30,32). The molecule has 0 aliphatic heterocycles. The van der Waals surface area contributed by atoms with Crippen molar-refractivity contribution in [1.29, 1.82) is 0 Å². The van der Waals surface area contributed by atoms with E-state index in [1.165, 1.54) is 12.4 Å². The smallest absolute Gasteiger partial charge is 0.410 e. The van der Waals surface area contributed by atoms with Gasteiger partial charge in [0.15, 0.2) is 8.32 Å². The topological polar surface area (TPSA) is 93.7 Å². The molecule has 10 heteroatoms. The van der Waals surface area contributed by atoms with Gasteiger partial charge < -0.3 is 14.5 Å². The van der Waals surface area contributed by atoms with E-state index in [0.29, 0.717) is 24.5 Å². The van der Waals surface area contributed by atoms with Gasteiger partial charge in [-0.1, -0.05) is 42.8 Å². The van der Waals surface area contributed by atoms with Crippen LogP contribution in [0, 0.1) is 6.92 Å². The number of aromatic nitrogens is 2. The number of benzene rings is 1. The van der Waals surface area contributed by atoms with Crippen molar-refractivity contribution in [3.05, 3.63) is 52.0 Å². The van der Waals surface area contributed by atoms with Gasteiger partial charge in [-0.15, -0.1) is 0 Å². The first-order chi connectivity index (χ1) is 16.5. The van der Waals surface area contributed by atoms with Crippen molar-refractivity contribution in [3.63, 3.8) is 0 Å². The summed E-state index contributed by atoms with van der Waals surface area (Å²) in [7, 11) is -1.96. The quantitative estimate of drug-likeness (QED) is 0.356. The molecule has 198 valence electrons. The molecule has 1 N–H and O–H groups in total. The molecule has 0 fully saturated rings. The van der Waals surface area contributed by atoms with E-state index in [2.05, 4.69) is 65.1 Å². The number of ether oxygens (including phenoxy) is 1. The Balaban J connectivity index is 2.11. The van der Waals surface area contributed by atoms with E-state index in [9.17, 15) is 9.59 Å². The molecule has 2 rings (SSSR count). The molecule has 0 radical (unpaired) electrons. The number of nitrogens with zero attached hydrogens (tertiary/aromatic N) is 3. The van der Waals surface area contributed by atoms with E-state index in [-0.39, 0.29) is 23.2 Å². The minimum atomic E-state index is -1.96. The number of halogens is 1. The van der Waals surface area contributed by atoms with E-state index in [1.807, 2.05) is 45.9 Å². The van der Waals surface area contributed by atoms with Gasteiger partial charge >= 0.3 is 6.09 Å². The number of rotatable bonds is 8. The SMILES string of the molecule is Cc1c(Br)cccc1NC(=O)c1cnc(CN(CCO[Si](C)(C)C(C)(C)C)C(=O)OC(C)(C)C)cn1. The zero-order valence-electron chi connectivity index (χ0n) is 22.9. The first kappa shape index (κ1) is 29.9. The number of anilines is 1. The van der Waals surface area contributed by atoms with Crippen molar-refractivity contribution < 1.29 is 18.8 Å². The zero-order chi connectivity index (χ0) is 27.3. The Morgan fingerprint density at radius 2 is 1.75 bits per heavy atom. The highest BCUT2D eigenvalue weighted by molar-refractivity contribution is 9.10. The maximum Gasteiger partial charge on any atom is 0.410 e. The molecule has 0 bridgehead atoms. The molecular weight excluding hydrogens is 540 g/mol. The largest absolute Gasteiger partial charge is 0.444 e. The molecule has 36 heavy (non-hydrogen) atoms. The molecule has 1 heterocycles. The predicted octanol–water partition coefficient (Wildman–Crippen LogP) is 6.56. The molecule has 2 aromatic rings. The summed E-state index contributed by atoms with van der Waals surface area (Å²) < 4.78 is 12.8. The molecule has 0 aliphatic rings. The molecule has 0 saturated carbocycles. The average Bonchev–Trinajstić information content (AvgIpc) is 2.74. The van der Waals surface area contributed by atoms with E-state index >= 15 is 0 Å². The summed E-state index contributed by atoms with van der Waals surface area (Å²) >= 11 is 3.46. The van der Waals surface area contributed by atoms with Crippen LogP contribution < -0.4 is 5.32 Å². The molecule has 0 unspecified atom stereocenters. The summed E-state index contributed by atoms with van der Waals surface area (Å²) in [4.78, 5) is 35.8. The third-order valence-corrected chi connectivity index (χ3v) is 11.5. The van der Waals surface area contributed by atoms with Crippen LogP contribution in [0.4, 0.5) is 10.5 Å². The molecule has 0 saturated heterocycles. The maximum atomic E-state index is 12.9. The summed E-state index contributed by atoms with van der Waals surface area (Å²) in [5.41, 5.74) is 1.71. The lowest BCUT2D eigenvalue weighted by Crippen LogP contribution is -2.44. The van der Waals surface area contributed by atoms with Crippen LogP contribution in [-0.2, 0) is 15.7 Å². The van der Waals surface area contributed by atoms with Crippen LogP contribution >= 0.6 is 15.9 Å². The summed E-state index contributed by atoms with van der Waals surface area (Å²) in [5, 5.41) is 2.93. The molecular formula is C26H39BrN4O4Si. The van der Waals surface area contributed by atoms with Gasteiger partial charge in [-0.2, -0.15) is 0 Å². The van der Waals surface area contributed by atoms with Crippen LogP contribution in [0.5, 0.6) is 0 Å². The minimum Gasteiger partial charge on any atom is -0.444 e. The summed E-state index contributed by atoms with van der Waals surface area (Å²) in [6.07, 6.45) is 2.47. The third kappa shape index (κ3) is 8.67. The van der Waals surface area contributed by atoms with Crippen molar-refractivity contribution in [3.8, 4) is 0 Å². The Hall–Kier alpha value is -2.30. The van der Waals surface area contributed by atoms with Crippen LogP contribution in [0.15, 0.2) is 35.1 Å². The fourth-order valence-electron chi connectivity index (χ4n) is 2.87. The average molecular weight is 580 g/mol. The van der Waals surface area contributed by atoms with Crippen molar-refractivity contribution >= 4 is 41.9 Å². The molecule has 0 atom stereocenters. The van der Waals surface area contributed by atoms with E-state index in [0.717, 1.165) is 10.0 Å². The summed E-state index contributed by atoms with van der Waals surface area (Å²) in [5.74, 6) is -0.359. The summed E-state index contributed by atoms with van der Waals surface area (Å²) in [6, 6.07) is 5.58. The van der Waals surface area contributed by atoms with Crippen molar-refractivity contribution in [2.45, 2.75) is 78.7 Å². The molecule has 1 aromatic carbocycles. The lowest BCUT2D eigenvalue weighted by Gasteiger charge is -2.37. The number of amides is 2. The number of hydrogen-bond donors (Lipinski definition) is 1. The minimum absolute atomic E-state index is 0.0694. The molecule has 0 spiro atoms. The fraction of sp³-hybridized carbons (Fsp3) is 0.538. The first-order valence-corrected chi connectivity index (χ1v) is 15.7. The van der Waals surface area contributed by atoms with Gasteiger partial charge in [0.1, 0.15) is 11.3 Å². The van der Waals surface area contributed by atoms with E-state index in [1.54, 1.807) is 4.90 Å². The van der Waals surface area contributed by atoms with Crippen molar-refractivity contribution in [2.75, 3.05) is 18.5 Å². The Kier molecular flexibility index (Phi) is 9.83. The molecule has 2 amide bonds. The monoisotopic (exact) mass is 578 g/mol. The number of hydrogen-bond acceptors (Lipinski definition) is 6. The molecule has 8 nitrogen and oxygen atoms in total. The number of carbonyl (C=O) groups excluding carboxylic acids is 2. The summed E-state index contributed by atoms with van der Waals surface area (Å²) in [6.45, 7) is 19.2. The Morgan fingerprint density at radius 3 is 2.31 bits per heavy atom. The first-order valence-electron chi connectivity index (χ1n) is 12.0. The third-order valence-electron chi connectivity index (χ3n) is 6.09. The van der Waals surface area contributed by atoms with Gasteiger partial charge in [-0.3, -0.25) is 14.7 Å². The second kappa shape index (κ2) is 11.8. The lowest BCUT2D eigenvalue weighted by atomic mass is 10.2. The second-order valence-electron chi connectivity index (χ2n) is 11.3. The zero-order valence-corrected chi connectivity index (χ0v) is 25.4. The van der Waals surface area contributed by atoms with Crippen molar-refractivity contribution in [1.82, 2.24) is 14.9 Å². The van der Waals surface area contributed by atoms with Crippen molar-refractivity contribution in [2.24, 2.45) is 0 Å².